The predicted octanol–water partition coefficient (Wildman–Crippen LogP) is 11.8. The van der Waals surface area contributed by atoms with Crippen LogP contribution in [0.25, 0.3) is 0 Å². The van der Waals surface area contributed by atoms with Crippen molar-refractivity contribution < 1.29 is 42.1 Å². The molecule has 0 heterocycles. The molecule has 0 aromatic heterocycles. The third kappa shape index (κ3) is 40.5. The van der Waals surface area contributed by atoms with Crippen molar-refractivity contribution >= 4 is 19.8 Å². The molecular formula is C43H86NO8P. The molecule has 0 aromatic rings. The highest BCUT2D eigenvalue weighted by Crippen LogP contribution is 2.38. The van der Waals surface area contributed by atoms with Gasteiger partial charge in [-0.05, 0) is 12.8 Å². The van der Waals surface area contributed by atoms with Crippen molar-refractivity contribution in [2.24, 2.45) is 0 Å². The van der Waals surface area contributed by atoms with E-state index in [1.165, 1.54) is 148 Å². The molecular weight excluding hydrogens is 689 g/mol. The van der Waals surface area contributed by atoms with Gasteiger partial charge in [0.1, 0.15) is 19.8 Å². The summed E-state index contributed by atoms with van der Waals surface area (Å²) >= 11 is 0. The molecule has 0 spiro atoms. The Bertz CT molecular complexity index is 881. The molecule has 0 aromatic carbocycles. The van der Waals surface area contributed by atoms with Crippen LogP contribution in [0.3, 0.4) is 0 Å². The number of phosphoric acid groups is 1. The quantitative estimate of drug-likeness (QED) is 0.0261. The second kappa shape index (κ2) is 36.6. The highest BCUT2D eigenvalue weighted by Gasteiger charge is 2.21. The van der Waals surface area contributed by atoms with Crippen molar-refractivity contribution in [3.63, 3.8) is 0 Å². The molecule has 0 aliphatic rings. The van der Waals surface area contributed by atoms with Crippen LogP contribution in [-0.4, -0.2) is 70.0 Å². The fourth-order valence-electron chi connectivity index (χ4n) is 6.36. The average Bonchev–Trinajstić information content (AvgIpc) is 3.10. The average molecular weight is 776 g/mol. The van der Waals surface area contributed by atoms with Crippen molar-refractivity contribution in [3.05, 3.63) is 0 Å². The van der Waals surface area contributed by atoms with Gasteiger partial charge in [-0.1, -0.05) is 187 Å². The molecule has 0 N–H and O–H groups in total. The number of carbonyl (C=O) groups excluding carboxylic acids is 2. The van der Waals surface area contributed by atoms with Gasteiger partial charge in [-0.25, -0.2) is 0 Å². The van der Waals surface area contributed by atoms with Gasteiger partial charge in [0.2, 0.25) is 0 Å². The summed E-state index contributed by atoms with van der Waals surface area (Å²) in [7, 11) is 1.18. The Labute approximate surface area is 327 Å². The summed E-state index contributed by atoms with van der Waals surface area (Å²) in [6.07, 6.45) is 35.5. The van der Waals surface area contributed by atoms with Gasteiger partial charge in [0.25, 0.3) is 7.82 Å². The summed E-state index contributed by atoms with van der Waals surface area (Å²) in [6, 6.07) is 0. The molecule has 316 valence electrons. The maximum absolute atomic E-state index is 12.6. The summed E-state index contributed by atoms with van der Waals surface area (Å²) in [5.41, 5.74) is 0. The smallest absolute Gasteiger partial charge is 0.306 e. The van der Waals surface area contributed by atoms with Gasteiger partial charge in [0, 0.05) is 12.8 Å². The van der Waals surface area contributed by atoms with Crippen molar-refractivity contribution in [3.8, 4) is 0 Å². The Balaban J connectivity index is 4.25. The maximum Gasteiger partial charge on any atom is 0.306 e. The summed E-state index contributed by atoms with van der Waals surface area (Å²) in [6.45, 7) is 4.25. The van der Waals surface area contributed by atoms with E-state index in [4.69, 9.17) is 18.5 Å². The molecule has 0 fully saturated rings. The summed E-state index contributed by atoms with van der Waals surface area (Å²) < 4.78 is 33.9. The normalized spacial score (nSPS) is 13.5. The fraction of sp³-hybridized carbons (Fsp3) is 0.953. The zero-order valence-corrected chi connectivity index (χ0v) is 36.4. The third-order valence-corrected chi connectivity index (χ3v) is 10.8. The minimum atomic E-state index is -4.61. The maximum atomic E-state index is 12.6. The number of unbranched alkanes of at least 4 members (excludes halogenated alkanes) is 27. The van der Waals surface area contributed by atoms with Crippen LogP contribution in [0.1, 0.15) is 213 Å². The van der Waals surface area contributed by atoms with Gasteiger partial charge in [-0.3, -0.25) is 14.2 Å². The van der Waals surface area contributed by atoms with Crippen LogP contribution in [0, 0.1) is 0 Å². The fourth-order valence-corrected chi connectivity index (χ4v) is 7.09. The topological polar surface area (TPSA) is 111 Å². The van der Waals surface area contributed by atoms with E-state index in [-0.39, 0.29) is 32.0 Å². The largest absolute Gasteiger partial charge is 0.756 e. The Hall–Kier alpha value is -0.990. The molecule has 1 unspecified atom stereocenters. The first kappa shape index (κ1) is 52.0. The van der Waals surface area contributed by atoms with Crippen molar-refractivity contribution in [2.75, 3.05) is 47.5 Å². The van der Waals surface area contributed by atoms with Gasteiger partial charge < -0.3 is 27.9 Å². The highest BCUT2D eigenvalue weighted by atomic mass is 31.2. The van der Waals surface area contributed by atoms with E-state index in [1.54, 1.807) is 0 Å². The van der Waals surface area contributed by atoms with Gasteiger partial charge in [0.05, 0.1) is 27.7 Å². The van der Waals surface area contributed by atoms with E-state index in [9.17, 15) is 19.0 Å². The van der Waals surface area contributed by atoms with Crippen molar-refractivity contribution in [1.29, 1.82) is 0 Å². The number of quaternary nitrogens is 1. The molecule has 0 bridgehead atoms. The molecule has 0 amide bonds. The van der Waals surface area contributed by atoms with Crippen LogP contribution >= 0.6 is 7.82 Å². The van der Waals surface area contributed by atoms with E-state index in [0.29, 0.717) is 17.4 Å². The summed E-state index contributed by atoms with van der Waals surface area (Å²) in [5, 5.41) is 0. The first-order valence-electron chi connectivity index (χ1n) is 22.2. The Kier molecular flexibility index (Phi) is 36.0. The molecule has 9 nitrogen and oxygen atoms in total. The number of phosphoric ester groups is 1. The number of rotatable bonds is 41. The minimum Gasteiger partial charge on any atom is -0.756 e. The second-order valence-corrected chi connectivity index (χ2v) is 17.8. The number of hydrogen-bond donors (Lipinski definition) is 0. The number of carbonyl (C=O) groups is 2. The molecule has 53 heavy (non-hydrogen) atoms. The minimum absolute atomic E-state index is 0.0258. The Morgan fingerprint density at radius 3 is 1.21 bits per heavy atom. The van der Waals surface area contributed by atoms with E-state index in [1.807, 2.05) is 21.1 Å². The Morgan fingerprint density at radius 1 is 0.509 bits per heavy atom. The lowest BCUT2D eigenvalue weighted by molar-refractivity contribution is -0.870. The van der Waals surface area contributed by atoms with Crippen LogP contribution in [0.2, 0.25) is 0 Å². The number of nitrogens with zero attached hydrogens (tertiary/aromatic N) is 1. The first-order chi connectivity index (χ1) is 25.5. The van der Waals surface area contributed by atoms with Gasteiger partial charge in [0.15, 0.2) is 6.10 Å². The molecule has 0 saturated heterocycles. The summed E-state index contributed by atoms with van der Waals surface area (Å²) in [5.74, 6) is -0.821. The first-order valence-corrected chi connectivity index (χ1v) is 23.7. The molecule has 0 aliphatic heterocycles. The van der Waals surface area contributed by atoms with Crippen molar-refractivity contribution in [1.82, 2.24) is 0 Å². The number of likely N-dealkylation sites (N-methyl/N-ethyl adjacent to an activating group) is 1. The van der Waals surface area contributed by atoms with E-state index in [0.717, 1.165) is 32.1 Å². The van der Waals surface area contributed by atoms with Gasteiger partial charge in [-0.15, -0.1) is 0 Å². The van der Waals surface area contributed by atoms with Crippen LogP contribution in [0.4, 0.5) is 0 Å². The molecule has 0 aliphatic carbocycles. The zero-order valence-electron chi connectivity index (χ0n) is 35.5. The molecule has 0 saturated carbocycles. The molecule has 0 rings (SSSR count). The van der Waals surface area contributed by atoms with Crippen LogP contribution in [-0.2, 0) is 32.7 Å². The highest BCUT2D eigenvalue weighted by molar-refractivity contribution is 7.45. The predicted molar refractivity (Wildman–Crippen MR) is 218 cm³/mol. The second-order valence-electron chi connectivity index (χ2n) is 16.4. The Morgan fingerprint density at radius 2 is 0.849 bits per heavy atom. The van der Waals surface area contributed by atoms with Crippen LogP contribution < -0.4 is 4.89 Å². The molecule has 2 atom stereocenters. The SMILES string of the molecule is CCCCCCCCCCCCCCCCCCCCC(=O)OC[C@@H](COP(=O)([O-])OCC[N+](C)(C)C)OC(=O)CCCCCCCCCCCCC. The lowest BCUT2D eigenvalue weighted by Crippen LogP contribution is -2.37. The number of ether oxygens (including phenoxy) is 2. The lowest BCUT2D eigenvalue weighted by atomic mass is 10.0. The van der Waals surface area contributed by atoms with Crippen LogP contribution in [0.5, 0.6) is 0 Å². The van der Waals surface area contributed by atoms with Crippen molar-refractivity contribution in [2.45, 2.75) is 219 Å². The van der Waals surface area contributed by atoms with E-state index < -0.39 is 26.5 Å². The molecule has 10 heteroatoms. The lowest BCUT2D eigenvalue weighted by Gasteiger charge is -2.28. The monoisotopic (exact) mass is 776 g/mol. The number of hydrogen-bond acceptors (Lipinski definition) is 8. The van der Waals surface area contributed by atoms with Gasteiger partial charge >= 0.3 is 11.9 Å². The zero-order chi connectivity index (χ0) is 39.3. The van der Waals surface area contributed by atoms with E-state index >= 15 is 0 Å². The van der Waals surface area contributed by atoms with Crippen LogP contribution in [0.15, 0.2) is 0 Å². The van der Waals surface area contributed by atoms with E-state index in [2.05, 4.69) is 13.8 Å². The third-order valence-electron chi connectivity index (χ3n) is 9.88. The summed E-state index contributed by atoms with van der Waals surface area (Å²) in [4.78, 5) is 37.4. The standard InChI is InChI=1S/C43H86NO8P/c1-6-8-10-12-14-16-18-19-20-21-22-23-24-26-27-29-31-33-35-42(45)49-39-41(40-51-53(47,48)50-38-37-44(3,4)5)52-43(46)36-34-32-30-28-25-17-15-13-11-9-7-2/h41H,6-40H2,1-5H3/t41-/m0/s1. The molecule has 0 radical (unpaired) electrons. The van der Waals surface area contributed by atoms with Gasteiger partial charge in [-0.2, -0.15) is 0 Å². The number of esters is 2.